The molecule has 0 aromatic carbocycles. The van der Waals surface area contributed by atoms with Crippen LogP contribution in [0, 0.1) is 11.8 Å². The van der Waals surface area contributed by atoms with Gasteiger partial charge >= 0.3 is 0 Å². The van der Waals surface area contributed by atoms with E-state index >= 15 is 0 Å². The van der Waals surface area contributed by atoms with Crippen LogP contribution in [0.15, 0.2) is 12.1 Å². The second kappa shape index (κ2) is 6.75. The lowest BCUT2D eigenvalue weighted by Gasteiger charge is -2.19. The van der Waals surface area contributed by atoms with E-state index in [4.69, 9.17) is 11.6 Å². The molecular weight excluding hydrogens is 295 g/mol. The second-order valence-corrected chi connectivity index (χ2v) is 5.04. The van der Waals surface area contributed by atoms with Gasteiger partial charge in [-0.1, -0.05) is 11.6 Å². The largest absolute Gasteiger partial charge is 0.366 e. The molecule has 3 rings (SSSR count). The van der Waals surface area contributed by atoms with Crippen molar-refractivity contribution < 1.29 is 0 Å². The molecule has 1 saturated heterocycles. The summed E-state index contributed by atoms with van der Waals surface area (Å²) in [5.41, 5.74) is 0. The minimum Gasteiger partial charge on any atom is -0.366 e. The number of aromatic nitrogens is 2. The zero-order chi connectivity index (χ0) is 11.0. The molecule has 1 aliphatic heterocycles. The van der Waals surface area contributed by atoms with Gasteiger partial charge in [-0.2, -0.15) is 0 Å². The number of rotatable bonds is 2. The van der Waals surface area contributed by atoms with Gasteiger partial charge in [0.25, 0.3) is 0 Å². The van der Waals surface area contributed by atoms with E-state index in [2.05, 4.69) is 20.8 Å². The minimum atomic E-state index is 0. The Labute approximate surface area is 124 Å². The van der Waals surface area contributed by atoms with E-state index in [0.717, 1.165) is 24.2 Å². The molecule has 0 amide bonds. The number of halogens is 3. The van der Waals surface area contributed by atoms with Gasteiger partial charge in [0.15, 0.2) is 5.15 Å². The average molecular weight is 312 g/mol. The minimum absolute atomic E-state index is 0. The Bertz CT molecular complexity index is 373. The molecule has 1 aromatic heterocycles. The third-order valence-corrected chi connectivity index (χ3v) is 3.92. The van der Waals surface area contributed by atoms with Crippen LogP contribution in [0.2, 0.25) is 5.15 Å². The van der Waals surface area contributed by atoms with Crippen LogP contribution in [0.1, 0.15) is 12.8 Å². The van der Waals surface area contributed by atoms with Crippen molar-refractivity contribution >= 4 is 42.2 Å². The van der Waals surface area contributed by atoms with Crippen LogP contribution in [0.4, 0.5) is 5.82 Å². The van der Waals surface area contributed by atoms with Crippen LogP contribution >= 0.6 is 36.4 Å². The summed E-state index contributed by atoms with van der Waals surface area (Å²) in [7, 11) is 0. The maximum atomic E-state index is 5.71. The fraction of sp³-hybridized carbons (Fsp3) is 0.636. The van der Waals surface area contributed by atoms with Crippen LogP contribution in [0.25, 0.3) is 0 Å². The second-order valence-electron chi connectivity index (χ2n) is 4.65. The van der Waals surface area contributed by atoms with Gasteiger partial charge in [-0.3, -0.25) is 0 Å². The SMILES string of the molecule is Cl.Cl.Clc1ccc(N[C@@H]2CC[C@H]3CNC[C@H]32)nn1. The van der Waals surface area contributed by atoms with Crippen molar-refractivity contribution in [2.45, 2.75) is 18.9 Å². The molecule has 102 valence electrons. The third-order valence-electron chi connectivity index (χ3n) is 3.72. The molecule has 2 aliphatic rings. The van der Waals surface area contributed by atoms with E-state index in [1.54, 1.807) is 6.07 Å². The summed E-state index contributed by atoms with van der Waals surface area (Å²) < 4.78 is 0. The fourth-order valence-electron chi connectivity index (χ4n) is 2.91. The van der Waals surface area contributed by atoms with E-state index in [9.17, 15) is 0 Å². The highest BCUT2D eigenvalue weighted by molar-refractivity contribution is 6.29. The zero-order valence-corrected chi connectivity index (χ0v) is 12.2. The quantitative estimate of drug-likeness (QED) is 0.880. The Morgan fingerprint density at radius 1 is 1.17 bits per heavy atom. The lowest BCUT2D eigenvalue weighted by Crippen LogP contribution is -2.28. The van der Waals surface area contributed by atoms with E-state index in [1.165, 1.54) is 19.4 Å². The highest BCUT2D eigenvalue weighted by Crippen LogP contribution is 2.35. The van der Waals surface area contributed by atoms with Gasteiger partial charge in [0.1, 0.15) is 5.82 Å². The van der Waals surface area contributed by atoms with Crippen molar-refractivity contribution in [2.75, 3.05) is 18.4 Å². The molecule has 18 heavy (non-hydrogen) atoms. The Kier molecular flexibility index (Phi) is 5.92. The topological polar surface area (TPSA) is 49.8 Å². The maximum Gasteiger partial charge on any atom is 0.151 e. The standard InChI is InChI=1S/C11H15ClN4.2ClH/c12-10-3-4-11(16-15-10)14-9-2-1-7-5-13-6-8(7)9;;/h3-4,7-9,13H,1-2,5-6H2,(H,14,16);2*1H/t7-,8+,9+;;/m0../s1. The van der Waals surface area contributed by atoms with Crippen molar-refractivity contribution in [3.8, 4) is 0 Å². The average Bonchev–Trinajstić information content (AvgIpc) is 2.86. The smallest absolute Gasteiger partial charge is 0.151 e. The number of nitrogens with zero attached hydrogens (tertiary/aromatic N) is 2. The number of nitrogens with one attached hydrogen (secondary N) is 2. The molecule has 1 saturated carbocycles. The number of hydrogen-bond donors (Lipinski definition) is 2. The lowest BCUT2D eigenvalue weighted by atomic mass is 9.98. The first-order chi connectivity index (χ1) is 7.83. The maximum absolute atomic E-state index is 5.71. The summed E-state index contributed by atoms with van der Waals surface area (Å²) in [5.74, 6) is 2.43. The molecular formula is C11H17Cl3N4. The van der Waals surface area contributed by atoms with Gasteiger partial charge in [-0.05, 0) is 43.4 Å². The predicted octanol–water partition coefficient (Wildman–Crippen LogP) is 2.38. The van der Waals surface area contributed by atoms with Crippen molar-refractivity contribution in [3.05, 3.63) is 17.3 Å². The highest BCUT2D eigenvalue weighted by Gasteiger charge is 2.39. The summed E-state index contributed by atoms with van der Waals surface area (Å²) in [6, 6.07) is 4.21. The van der Waals surface area contributed by atoms with E-state index < -0.39 is 0 Å². The van der Waals surface area contributed by atoms with Crippen molar-refractivity contribution in [1.82, 2.24) is 15.5 Å². The molecule has 1 aliphatic carbocycles. The Morgan fingerprint density at radius 2 is 2.00 bits per heavy atom. The van der Waals surface area contributed by atoms with Crippen LogP contribution in [-0.4, -0.2) is 29.3 Å². The Morgan fingerprint density at radius 3 is 2.72 bits per heavy atom. The van der Waals surface area contributed by atoms with Gasteiger partial charge < -0.3 is 10.6 Å². The van der Waals surface area contributed by atoms with Crippen LogP contribution in [0.3, 0.4) is 0 Å². The van der Waals surface area contributed by atoms with Gasteiger partial charge in [-0.15, -0.1) is 35.0 Å². The first kappa shape index (κ1) is 15.8. The summed E-state index contributed by atoms with van der Waals surface area (Å²) in [6.45, 7) is 2.30. The third kappa shape index (κ3) is 3.18. The zero-order valence-electron chi connectivity index (χ0n) is 9.80. The van der Waals surface area contributed by atoms with E-state index in [0.29, 0.717) is 11.2 Å². The van der Waals surface area contributed by atoms with Gasteiger partial charge in [-0.25, -0.2) is 0 Å². The molecule has 0 spiro atoms. The molecule has 2 N–H and O–H groups in total. The molecule has 0 unspecified atom stereocenters. The summed E-state index contributed by atoms with van der Waals surface area (Å²) in [6.07, 6.45) is 2.55. The van der Waals surface area contributed by atoms with Crippen molar-refractivity contribution in [3.63, 3.8) is 0 Å². The first-order valence-corrected chi connectivity index (χ1v) is 6.17. The van der Waals surface area contributed by atoms with Crippen LogP contribution in [0.5, 0.6) is 0 Å². The predicted molar refractivity (Wildman–Crippen MR) is 78.0 cm³/mol. The summed E-state index contributed by atoms with van der Waals surface area (Å²) in [5, 5.41) is 15.2. The highest BCUT2D eigenvalue weighted by atomic mass is 35.5. The molecule has 0 bridgehead atoms. The van der Waals surface area contributed by atoms with Crippen molar-refractivity contribution in [1.29, 1.82) is 0 Å². The van der Waals surface area contributed by atoms with Crippen LogP contribution < -0.4 is 10.6 Å². The van der Waals surface area contributed by atoms with E-state index in [1.807, 2.05) is 6.07 Å². The van der Waals surface area contributed by atoms with Gasteiger partial charge in [0.05, 0.1) is 0 Å². The van der Waals surface area contributed by atoms with E-state index in [-0.39, 0.29) is 24.8 Å². The lowest BCUT2D eigenvalue weighted by molar-refractivity contribution is 0.468. The molecule has 2 fully saturated rings. The van der Waals surface area contributed by atoms with Crippen LogP contribution in [-0.2, 0) is 0 Å². The molecule has 1 aromatic rings. The van der Waals surface area contributed by atoms with Crippen molar-refractivity contribution in [2.24, 2.45) is 11.8 Å². The number of hydrogen-bond acceptors (Lipinski definition) is 4. The summed E-state index contributed by atoms with van der Waals surface area (Å²) >= 11 is 5.71. The summed E-state index contributed by atoms with van der Waals surface area (Å²) in [4.78, 5) is 0. The van der Waals surface area contributed by atoms with Gasteiger partial charge in [0.2, 0.25) is 0 Å². The molecule has 7 heteroatoms. The Hall–Kier alpha value is -0.290. The Balaban J connectivity index is 0.000000810. The molecule has 2 heterocycles. The van der Waals surface area contributed by atoms with Gasteiger partial charge in [0, 0.05) is 12.6 Å². The fourth-order valence-corrected chi connectivity index (χ4v) is 3.01. The molecule has 3 atom stereocenters. The first-order valence-electron chi connectivity index (χ1n) is 5.79. The normalized spacial score (nSPS) is 29.1. The molecule has 4 nitrogen and oxygen atoms in total. The number of anilines is 1. The monoisotopic (exact) mass is 310 g/mol. The number of fused-ring (bicyclic) bond motifs is 1. The molecule has 0 radical (unpaired) electrons.